The Morgan fingerprint density at radius 3 is 2.64 bits per heavy atom. The number of carbonyl (C=O) groups is 1. The van der Waals surface area contributed by atoms with Crippen LogP contribution in [0.4, 0.5) is 0 Å². The van der Waals surface area contributed by atoms with Gasteiger partial charge in [0.25, 0.3) is 0 Å². The molecule has 2 heteroatoms. The van der Waals surface area contributed by atoms with Gasteiger partial charge in [-0.1, -0.05) is 20.8 Å². The van der Waals surface area contributed by atoms with Crippen LogP contribution in [0.5, 0.6) is 0 Å². The molecule has 0 heterocycles. The van der Waals surface area contributed by atoms with Gasteiger partial charge in [-0.3, -0.25) is 0 Å². The van der Waals surface area contributed by atoms with Gasteiger partial charge in [-0.2, -0.15) is 0 Å². The van der Waals surface area contributed by atoms with E-state index in [1.165, 1.54) is 6.42 Å². The average molecular weight is 196 g/mol. The molecule has 4 atom stereocenters. The van der Waals surface area contributed by atoms with Crippen molar-refractivity contribution in [3.63, 3.8) is 0 Å². The van der Waals surface area contributed by atoms with Gasteiger partial charge in [0.2, 0.25) is 0 Å². The minimum absolute atomic E-state index is 0.273. The van der Waals surface area contributed by atoms with Gasteiger partial charge in [-0.25, -0.2) is 0 Å². The van der Waals surface area contributed by atoms with Crippen LogP contribution in [-0.2, 0) is 9.53 Å². The van der Waals surface area contributed by atoms with Gasteiger partial charge < -0.3 is 9.53 Å². The van der Waals surface area contributed by atoms with Crippen LogP contribution in [-0.4, -0.2) is 19.0 Å². The Balaban J connectivity index is 1.97. The van der Waals surface area contributed by atoms with Gasteiger partial charge in [0.15, 0.2) is 0 Å². The highest BCUT2D eigenvalue weighted by molar-refractivity contribution is 5.50. The van der Waals surface area contributed by atoms with Gasteiger partial charge >= 0.3 is 0 Å². The Bertz CT molecular complexity index is 234. The van der Waals surface area contributed by atoms with Crippen LogP contribution in [0.3, 0.4) is 0 Å². The molecule has 3 rings (SSSR count). The summed E-state index contributed by atoms with van der Waals surface area (Å²) in [5, 5.41) is 0. The molecule has 0 aromatic carbocycles. The molecular formula is C12H20O2. The van der Waals surface area contributed by atoms with E-state index in [0.29, 0.717) is 17.4 Å². The van der Waals surface area contributed by atoms with Crippen LogP contribution >= 0.6 is 0 Å². The van der Waals surface area contributed by atoms with Crippen molar-refractivity contribution in [3.8, 4) is 0 Å². The van der Waals surface area contributed by atoms with Crippen molar-refractivity contribution in [2.24, 2.45) is 23.2 Å². The Morgan fingerprint density at radius 2 is 2.14 bits per heavy atom. The largest absolute Gasteiger partial charge is 0.370 e. The Kier molecular flexibility index (Phi) is 2.42. The molecule has 3 aliphatic rings. The molecule has 3 saturated carbocycles. The number of rotatable bonds is 3. The summed E-state index contributed by atoms with van der Waals surface area (Å²) in [4.78, 5) is 10.2. The molecule has 3 aliphatic carbocycles. The van der Waals surface area contributed by atoms with E-state index in [0.717, 1.165) is 24.5 Å². The zero-order chi connectivity index (χ0) is 10.3. The van der Waals surface area contributed by atoms with Crippen LogP contribution in [0, 0.1) is 23.2 Å². The zero-order valence-electron chi connectivity index (χ0n) is 9.32. The van der Waals surface area contributed by atoms with Gasteiger partial charge in [-0.05, 0) is 36.0 Å². The molecule has 0 aliphatic heterocycles. The molecule has 1 unspecified atom stereocenters. The van der Waals surface area contributed by atoms with E-state index >= 15 is 0 Å². The van der Waals surface area contributed by atoms with Gasteiger partial charge in [0.1, 0.15) is 12.9 Å². The number of ether oxygens (including phenoxy) is 1. The first-order valence-corrected chi connectivity index (χ1v) is 5.62. The van der Waals surface area contributed by atoms with E-state index in [4.69, 9.17) is 4.74 Å². The minimum atomic E-state index is 0.273. The van der Waals surface area contributed by atoms with E-state index in [-0.39, 0.29) is 6.61 Å². The third-order valence-electron chi connectivity index (χ3n) is 4.66. The van der Waals surface area contributed by atoms with Crippen molar-refractivity contribution in [2.75, 3.05) is 6.61 Å². The standard InChI is InChI=1S/C12H20O2/c1-8-10-6-9(12(10,2)3)7-11(8)14-5-4-13/h4,8-11H,5-7H2,1-3H3/t8-,9+,10-,11?/m0/s1. The second-order valence-corrected chi connectivity index (χ2v) is 5.49. The summed E-state index contributed by atoms with van der Waals surface area (Å²) in [7, 11) is 0. The molecule has 2 nitrogen and oxygen atoms in total. The summed E-state index contributed by atoms with van der Waals surface area (Å²) in [6.45, 7) is 7.29. The molecule has 0 radical (unpaired) electrons. The first kappa shape index (κ1) is 10.2. The number of fused-ring (bicyclic) bond motifs is 2. The van der Waals surface area contributed by atoms with Crippen molar-refractivity contribution < 1.29 is 9.53 Å². The Hall–Kier alpha value is -0.370. The second kappa shape index (κ2) is 3.34. The fourth-order valence-corrected chi connectivity index (χ4v) is 3.49. The zero-order valence-corrected chi connectivity index (χ0v) is 9.32. The Morgan fingerprint density at radius 1 is 1.43 bits per heavy atom. The Labute approximate surface area is 86.0 Å². The average Bonchev–Trinajstić information content (AvgIpc) is 2.15. The molecule has 80 valence electrons. The number of hydrogen-bond donors (Lipinski definition) is 0. The smallest absolute Gasteiger partial charge is 0.145 e. The van der Waals surface area contributed by atoms with Gasteiger partial charge in [0, 0.05) is 0 Å². The molecule has 0 amide bonds. The van der Waals surface area contributed by atoms with E-state index in [1.807, 2.05) is 0 Å². The summed E-state index contributed by atoms with van der Waals surface area (Å²) in [5.41, 5.74) is 0.514. The van der Waals surface area contributed by atoms with Crippen LogP contribution in [0.2, 0.25) is 0 Å². The highest BCUT2D eigenvalue weighted by Crippen LogP contribution is 2.61. The minimum Gasteiger partial charge on any atom is -0.370 e. The molecule has 3 fully saturated rings. The molecule has 0 aromatic heterocycles. The van der Waals surface area contributed by atoms with Crippen LogP contribution < -0.4 is 0 Å². The van der Waals surface area contributed by atoms with E-state index in [9.17, 15) is 4.79 Å². The topological polar surface area (TPSA) is 26.3 Å². The molecule has 14 heavy (non-hydrogen) atoms. The maximum atomic E-state index is 10.2. The summed E-state index contributed by atoms with van der Waals surface area (Å²) in [5.74, 6) is 2.24. The van der Waals surface area contributed by atoms with Crippen LogP contribution in [0.1, 0.15) is 33.6 Å². The maximum absolute atomic E-state index is 10.2. The molecule has 0 N–H and O–H groups in total. The third kappa shape index (κ3) is 1.31. The summed E-state index contributed by atoms with van der Waals surface area (Å²) in [6, 6.07) is 0. The van der Waals surface area contributed by atoms with E-state index in [2.05, 4.69) is 20.8 Å². The fraction of sp³-hybridized carbons (Fsp3) is 0.917. The quantitative estimate of drug-likeness (QED) is 0.647. The second-order valence-electron chi connectivity index (χ2n) is 5.49. The lowest BCUT2D eigenvalue weighted by Crippen LogP contribution is -2.57. The number of hydrogen-bond acceptors (Lipinski definition) is 2. The lowest BCUT2D eigenvalue weighted by Gasteiger charge is -2.61. The van der Waals surface area contributed by atoms with Crippen molar-refractivity contribution in [3.05, 3.63) is 0 Å². The van der Waals surface area contributed by atoms with Crippen LogP contribution in [0.25, 0.3) is 0 Å². The van der Waals surface area contributed by atoms with Gasteiger partial charge in [-0.15, -0.1) is 0 Å². The summed E-state index contributed by atoms with van der Waals surface area (Å²) >= 11 is 0. The number of aldehydes is 1. The normalized spacial score (nSPS) is 44.2. The lowest BCUT2D eigenvalue weighted by molar-refractivity contribution is -0.172. The monoisotopic (exact) mass is 196 g/mol. The van der Waals surface area contributed by atoms with Crippen molar-refractivity contribution in [2.45, 2.75) is 39.7 Å². The lowest BCUT2D eigenvalue weighted by atomic mass is 9.45. The maximum Gasteiger partial charge on any atom is 0.145 e. The van der Waals surface area contributed by atoms with Gasteiger partial charge in [0.05, 0.1) is 6.10 Å². The predicted octanol–water partition coefficient (Wildman–Crippen LogP) is 2.27. The van der Waals surface area contributed by atoms with Crippen LogP contribution in [0.15, 0.2) is 0 Å². The van der Waals surface area contributed by atoms with Crippen molar-refractivity contribution >= 4 is 6.29 Å². The number of carbonyl (C=O) groups excluding carboxylic acids is 1. The first-order valence-electron chi connectivity index (χ1n) is 5.62. The predicted molar refractivity (Wildman–Crippen MR) is 55.0 cm³/mol. The fourth-order valence-electron chi connectivity index (χ4n) is 3.49. The van der Waals surface area contributed by atoms with E-state index in [1.54, 1.807) is 0 Å². The molecule has 0 saturated heterocycles. The molecular weight excluding hydrogens is 176 g/mol. The van der Waals surface area contributed by atoms with E-state index < -0.39 is 0 Å². The molecule has 0 spiro atoms. The van der Waals surface area contributed by atoms with Crippen molar-refractivity contribution in [1.82, 2.24) is 0 Å². The summed E-state index contributed by atoms with van der Waals surface area (Å²) in [6.07, 6.45) is 3.71. The van der Waals surface area contributed by atoms with Crippen molar-refractivity contribution in [1.29, 1.82) is 0 Å². The molecule has 0 aromatic rings. The highest BCUT2D eigenvalue weighted by atomic mass is 16.5. The first-order chi connectivity index (χ1) is 6.57. The third-order valence-corrected chi connectivity index (χ3v) is 4.66. The summed E-state index contributed by atoms with van der Waals surface area (Å²) < 4.78 is 5.57. The molecule has 2 bridgehead atoms. The highest BCUT2D eigenvalue weighted by Gasteiger charge is 2.56. The SMILES string of the molecule is C[C@@H]1C(OCC=O)C[C@H]2C[C@@H]1C2(C)C.